The van der Waals surface area contributed by atoms with Gasteiger partial charge < -0.3 is 15.4 Å². The van der Waals surface area contributed by atoms with Crippen LogP contribution >= 0.6 is 24.6 Å². The van der Waals surface area contributed by atoms with Crippen LogP contribution in [0.1, 0.15) is 36.6 Å². The first-order valence-electron chi connectivity index (χ1n) is 10.1. The van der Waals surface area contributed by atoms with Crippen LogP contribution in [0.15, 0.2) is 59.7 Å². The quantitative estimate of drug-likeness (QED) is 0.577. The molecule has 7 heteroatoms. The molecule has 1 aromatic heterocycles. The molecule has 30 heavy (non-hydrogen) atoms. The van der Waals surface area contributed by atoms with Crippen LogP contribution in [0.2, 0.25) is 0 Å². The summed E-state index contributed by atoms with van der Waals surface area (Å²) in [7, 11) is 0. The van der Waals surface area contributed by atoms with Gasteiger partial charge in [0, 0.05) is 22.7 Å². The summed E-state index contributed by atoms with van der Waals surface area (Å²) >= 11 is 5.74. The van der Waals surface area contributed by atoms with Crippen molar-refractivity contribution in [3.8, 4) is 0 Å². The van der Waals surface area contributed by atoms with E-state index in [1.165, 1.54) is 16.7 Å². The molecule has 2 aromatic rings. The summed E-state index contributed by atoms with van der Waals surface area (Å²) in [5.41, 5.74) is 6.06. The van der Waals surface area contributed by atoms with Gasteiger partial charge in [-0.2, -0.15) is 0 Å². The van der Waals surface area contributed by atoms with Gasteiger partial charge in [-0.3, -0.25) is 0 Å². The number of aromatic nitrogens is 2. The molecule has 1 heterocycles. The lowest BCUT2D eigenvalue weighted by Crippen LogP contribution is -2.36. The number of imidazole rings is 1. The number of fused-ring (bicyclic) bond motifs is 1. The lowest BCUT2D eigenvalue weighted by molar-refractivity contribution is -0.132. The van der Waals surface area contributed by atoms with Crippen molar-refractivity contribution < 1.29 is 9.90 Å². The van der Waals surface area contributed by atoms with E-state index < -0.39 is 5.97 Å². The maximum atomic E-state index is 11.9. The molecule has 1 aromatic carbocycles. The minimum Gasteiger partial charge on any atom is -0.478 e. The number of nitrogens with one attached hydrogen (secondary N) is 2. The lowest BCUT2D eigenvalue weighted by Gasteiger charge is -2.37. The van der Waals surface area contributed by atoms with Gasteiger partial charge in [-0.25, -0.2) is 9.78 Å². The number of H-pyrrole nitrogens is 1. The number of carbonyl (C=O) groups is 1. The monoisotopic (exact) mass is 443 g/mol. The number of hydrogen-bond acceptors (Lipinski definition) is 4. The topological polar surface area (TPSA) is 78.0 Å². The first-order chi connectivity index (χ1) is 14.1. The Bertz CT molecular complexity index is 998. The molecule has 0 aliphatic heterocycles. The first-order valence-corrected chi connectivity index (χ1v) is 10.5. The summed E-state index contributed by atoms with van der Waals surface area (Å²) in [4.78, 5) is 19.6. The van der Waals surface area contributed by atoms with Gasteiger partial charge >= 0.3 is 5.97 Å². The number of aliphatic carboxylic acids is 1. The van der Waals surface area contributed by atoms with Crippen LogP contribution in [0.5, 0.6) is 0 Å². The summed E-state index contributed by atoms with van der Waals surface area (Å²) in [5, 5.41) is 13.2. The maximum absolute atomic E-state index is 11.9. The van der Waals surface area contributed by atoms with E-state index in [-0.39, 0.29) is 23.9 Å². The fourth-order valence-corrected chi connectivity index (χ4v) is 5.11. The normalized spacial score (nSPS) is 20.8. The van der Waals surface area contributed by atoms with Crippen LogP contribution in [0.4, 0.5) is 0 Å². The predicted octanol–water partition coefficient (Wildman–Crippen LogP) is 4.40. The van der Waals surface area contributed by atoms with Gasteiger partial charge in [-0.1, -0.05) is 43.4 Å². The highest BCUT2D eigenvalue weighted by Gasteiger charge is 2.37. The first kappa shape index (κ1) is 22.2. The third kappa shape index (κ3) is 4.35. The van der Waals surface area contributed by atoms with Gasteiger partial charge in [0.25, 0.3) is 0 Å². The van der Waals surface area contributed by atoms with Crippen LogP contribution in [0, 0.1) is 11.8 Å². The zero-order valence-corrected chi connectivity index (χ0v) is 18.5. The van der Waals surface area contributed by atoms with Gasteiger partial charge in [0.1, 0.15) is 0 Å². The second-order valence-corrected chi connectivity index (χ2v) is 8.14. The highest BCUT2D eigenvalue weighted by atomic mass is 35.5. The zero-order valence-electron chi connectivity index (χ0n) is 16.9. The van der Waals surface area contributed by atoms with Gasteiger partial charge in [0.2, 0.25) is 0 Å². The smallest absolute Gasteiger partial charge is 0.336 e. The molecule has 2 aliphatic carbocycles. The number of hydrogen-bond donors (Lipinski definition) is 3. The minimum absolute atomic E-state index is 0. The number of aryl methyl sites for hydroxylation is 1. The maximum Gasteiger partial charge on any atom is 0.336 e. The fourth-order valence-electron chi connectivity index (χ4n) is 4.62. The van der Waals surface area contributed by atoms with E-state index in [0.717, 1.165) is 37.1 Å². The van der Waals surface area contributed by atoms with Crippen molar-refractivity contribution in [2.45, 2.75) is 39.2 Å². The Hall–Kier alpha value is -2.44. The Balaban J connectivity index is 0.00000256. The summed E-state index contributed by atoms with van der Waals surface area (Å²) < 4.78 is 0. The van der Waals surface area contributed by atoms with Crippen LogP contribution in [-0.2, 0) is 24.2 Å². The molecule has 0 saturated heterocycles. The average Bonchev–Trinajstić information content (AvgIpc) is 3.25. The predicted molar refractivity (Wildman–Crippen MR) is 124 cm³/mol. The van der Waals surface area contributed by atoms with Gasteiger partial charge in [-0.15, -0.1) is 12.4 Å². The van der Waals surface area contributed by atoms with Crippen molar-refractivity contribution in [3.63, 3.8) is 0 Å². The third-order valence-corrected chi connectivity index (χ3v) is 6.52. The van der Waals surface area contributed by atoms with Crippen molar-refractivity contribution in [2.75, 3.05) is 0 Å². The number of allylic oxidation sites excluding steroid dienone is 2. The van der Waals surface area contributed by atoms with Crippen molar-refractivity contribution in [2.24, 2.45) is 11.8 Å². The molecule has 0 amide bonds. The second-order valence-electron chi connectivity index (χ2n) is 7.70. The molecule has 2 atom stereocenters. The Morgan fingerprint density at radius 3 is 2.77 bits per heavy atom. The molecule has 0 saturated carbocycles. The molecule has 0 bridgehead atoms. The summed E-state index contributed by atoms with van der Waals surface area (Å²) in [6, 6.07) is 8.55. The molecule has 158 valence electrons. The number of carboxylic acids is 1. The van der Waals surface area contributed by atoms with Crippen LogP contribution in [0.25, 0.3) is 0 Å². The number of carboxylic acid groups (broad SMARTS) is 1. The van der Waals surface area contributed by atoms with Gasteiger partial charge in [-0.05, 0) is 54.4 Å². The average molecular weight is 444 g/mol. The number of thiocarbonyl (C=S) groups is 1. The Kier molecular flexibility index (Phi) is 7.10. The van der Waals surface area contributed by atoms with E-state index >= 15 is 0 Å². The summed E-state index contributed by atoms with van der Waals surface area (Å²) in [6.07, 6.45) is 8.93. The molecule has 4 rings (SSSR count). The van der Waals surface area contributed by atoms with Crippen molar-refractivity contribution in [3.05, 3.63) is 76.5 Å². The van der Waals surface area contributed by atoms with E-state index in [9.17, 15) is 9.90 Å². The van der Waals surface area contributed by atoms with Gasteiger partial charge in [0.15, 0.2) is 0 Å². The Morgan fingerprint density at radius 2 is 2.10 bits per heavy atom. The second kappa shape index (κ2) is 9.58. The number of halogens is 1. The summed E-state index contributed by atoms with van der Waals surface area (Å²) in [6.45, 7) is 2.69. The molecule has 0 fully saturated rings. The Labute approximate surface area is 188 Å². The Morgan fingerprint density at radius 1 is 1.33 bits per heavy atom. The molecular weight excluding hydrogens is 418 g/mol. The van der Waals surface area contributed by atoms with E-state index in [4.69, 9.17) is 12.2 Å². The van der Waals surface area contributed by atoms with Crippen LogP contribution in [-0.4, -0.2) is 25.9 Å². The SMILES string of the molecule is CCC1=C(NCc2cnc[nH]2)C=C(C(=O)O)C(=S)C1C1CCc2ccccc2C1.Cl. The van der Waals surface area contributed by atoms with Crippen molar-refractivity contribution in [1.29, 1.82) is 0 Å². The standard InChI is InChI=1S/C23H25N3O2S.ClH/c1-2-18-20(25-12-17-11-24-13-26-17)10-19(23(27)28)22(29)21(18)16-8-7-14-5-3-4-6-15(14)9-16;/h3-6,10-11,13,16,21,25H,2,7-9,12H2,1H3,(H,24,26)(H,27,28);1H. The van der Waals surface area contributed by atoms with E-state index in [1.807, 2.05) is 0 Å². The van der Waals surface area contributed by atoms with E-state index in [0.29, 0.717) is 17.3 Å². The summed E-state index contributed by atoms with van der Waals surface area (Å²) in [5.74, 6) is -0.657. The molecule has 5 nitrogen and oxygen atoms in total. The highest BCUT2D eigenvalue weighted by molar-refractivity contribution is 7.81. The van der Waals surface area contributed by atoms with E-state index in [1.54, 1.807) is 18.6 Å². The van der Waals surface area contributed by atoms with Crippen molar-refractivity contribution in [1.82, 2.24) is 15.3 Å². The fraction of sp³-hybridized carbons (Fsp3) is 0.348. The van der Waals surface area contributed by atoms with E-state index in [2.05, 4.69) is 46.5 Å². The minimum atomic E-state index is -0.952. The van der Waals surface area contributed by atoms with Gasteiger partial charge in [0.05, 0.1) is 24.1 Å². The molecule has 0 spiro atoms. The highest BCUT2D eigenvalue weighted by Crippen LogP contribution is 2.40. The lowest BCUT2D eigenvalue weighted by atomic mass is 9.69. The molecular formula is C23H26ClN3O2S. The molecule has 2 unspecified atom stereocenters. The number of aromatic amines is 1. The third-order valence-electron chi connectivity index (χ3n) is 6.05. The largest absolute Gasteiger partial charge is 0.478 e. The van der Waals surface area contributed by atoms with Crippen LogP contribution < -0.4 is 5.32 Å². The van der Waals surface area contributed by atoms with Crippen molar-refractivity contribution >= 4 is 35.5 Å². The zero-order chi connectivity index (χ0) is 20.4. The number of rotatable bonds is 6. The number of nitrogens with zero attached hydrogens (tertiary/aromatic N) is 1. The molecule has 2 aliphatic rings. The molecule has 0 radical (unpaired) electrons. The van der Waals surface area contributed by atoms with Crippen LogP contribution in [0.3, 0.4) is 0 Å². The number of benzene rings is 1. The molecule has 3 N–H and O–H groups in total.